The quantitative estimate of drug-likeness (QED) is 0.756. The summed E-state index contributed by atoms with van der Waals surface area (Å²) in [5, 5.41) is 20.5. The van der Waals surface area contributed by atoms with Crippen molar-refractivity contribution in [3.63, 3.8) is 0 Å². The average molecular weight is 326 g/mol. The van der Waals surface area contributed by atoms with Gasteiger partial charge in [0.1, 0.15) is 17.2 Å². The molecule has 0 saturated heterocycles. The number of para-hydroxylation sites is 1. The summed E-state index contributed by atoms with van der Waals surface area (Å²) in [5.74, 6) is 1.31. The van der Waals surface area contributed by atoms with Crippen LogP contribution in [0.25, 0.3) is 0 Å². The molecule has 24 heavy (non-hydrogen) atoms. The molecule has 0 aliphatic heterocycles. The molecule has 0 bridgehead atoms. The number of phenols is 2. The SMILES string of the molecule is COc1cc(CCc2ccccc2O)c(CC=C(C)C)c(O)c1C. The van der Waals surface area contributed by atoms with Crippen molar-refractivity contribution in [3.05, 3.63) is 64.2 Å². The lowest BCUT2D eigenvalue weighted by Crippen LogP contribution is -2.01. The van der Waals surface area contributed by atoms with Gasteiger partial charge in [0, 0.05) is 11.1 Å². The highest BCUT2D eigenvalue weighted by Crippen LogP contribution is 2.35. The Labute approximate surface area is 144 Å². The number of rotatable bonds is 6. The lowest BCUT2D eigenvalue weighted by atomic mass is 9.93. The molecule has 0 spiro atoms. The molecule has 128 valence electrons. The van der Waals surface area contributed by atoms with Crippen LogP contribution >= 0.6 is 0 Å². The van der Waals surface area contributed by atoms with Crippen LogP contribution < -0.4 is 4.74 Å². The van der Waals surface area contributed by atoms with Crippen LogP contribution in [0.15, 0.2) is 42.0 Å². The Hall–Kier alpha value is -2.42. The average Bonchev–Trinajstić information content (AvgIpc) is 2.56. The van der Waals surface area contributed by atoms with Gasteiger partial charge in [-0.2, -0.15) is 0 Å². The van der Waals surface area contributed by atoms with E-state index >= 15 is 0 Å². The predicted molar refractivity (Wildman–Crippen MR) is 98.0 cm³/mol. The Bertz CT molecular complexity index is 741. The maximum atomic E-state index is 10.6. The highest BCUT2D eigenvalue weighted by atomic mass is 16.5. The van der Waals surface area contributed by atoms with Gasteiger partial charge in [-0.05, 0) is 63.3 Å². The molecular weight excluding hydrogens is 300 g/mol. The number of methoxy groups -OCH3 is 1. The molecule has 2 aromatic rings. The molecule has 0 atom stereocenters. The summed E-state index contributed by atoms with van der Waals surface area (Å²) in [6.07, 6.45) is 4.24. The number of hydrogen-bond donors (Lipinski definition) is 2. The molecule has 0 aliphatic carbocycles. The first kappa shape index (κ1) is 17.9. The fourth-order valence-corrected chi connectivity index (χ4v) is 2.81. The number of ether oxygens (including phenoxy) is 1. The summed E-state index contributed by atoms with van der Waals surface area (Å²) >= 11 is 0. The highest BCUT2D eigenvalue weighted by Gasteiger charge is 2.15. The van der Waals surface area contributed by atoms with Crippen molar-refractivity contribution in [1.29, 1.82) is 0 Å². The molecule has 3 heteroatoms. The largest absolute Gasteiger partial charge is 0.508 e. The van der Waals surface area contributed by atoms with Crippen LogP contribution in [-0.4, -0.2) is 17.3 Å². The normalized spacial score (nSPS) is 10.5. The van der Waals surface area contributed by atoms with E-state index in [9.17, 15) is 10.2 Å². The Balaban J connectivity index is 2.37. The number of allylic oxidation sites excluding steroid dienone is 2. The predicted octanol–water partition coefficient (Wildman–Crippen LogP) is 4.71. The molecule has 2 N–H and O–H groups in total. The zero-order valence-corrected chi connectivity index (χ0v) is 14.9. The molecule has 2 aromatic carbocycles. The van der Waals surface area contributed by atoms with Crippen LogP contribution in [0.1, 0.15) is 36.1 Å². The maximum absolute atomic E-state index is 10.6. The Kier molecular flexibility index (Phi) is 5.91. The molecule has 3 nitrogen and oxygen atoms in total. The van der Waals surface area contributed by atoms with E-state index in [0.29, 0.717) is 30.1 Å². The lowest BCUT2D eigenvalue weighted by molar-refractivity contribution is 0.400. The van der Waals surface area contributed by atoms with Gasteiger partial charge in [-0.15, -0.1) is 0 Å². The summed E-state index contributed by atoms with van der Waals surface area (Å²) in [6, 6.07) is 9.37. The first-order valence-corrected chi connectivity index (χ1v) is 8.22. The summed E-state index contributed by atoms with van der Waals surface area (Å²) in [7, 11) is 1.62. The third-order valence-corrected chi connectivity index (χ3v) is 4.29. The van der Waals surface area contributed by atoms with Crippen LogP contribution in [0.4, 0.5) is 0 Å². The van der Waals surface area contributed by atoms with E-state index < -0.39 is 0 Å². The van der Waals surface area contributed by atoms with E-state index in [-0.39, 0.29) is 0 Å². The maximum Gasteiger partial charge on any atom is 0.125 e. The molecule has 0 aromatic heterocycles. The first-order valence-electron chi connectivity index (χ1n) is 8.22. The second-order valence-electron chi connectivity index (χ2n) is 6.30. The summed E-state index contributed by atoms with van der Waals surface area (Å²) < 4.78 is 5.40. The number of benzene rings is 2. The van der Waals surface area contributed by atoms with Gasteiger partial charge in [-0.1, -0.05) is 29.8 Å². The number of hydrogen-bond acceptors (Lipinski definition) is 3. The van der Waals surface area contributed by atoms with E-state index in [2.05, 4.69) is 19.9 Å². The van der Waals surface area contributed by atoms with Crippen LogP contribution in [0.3, 0.4) is 0 Å². The Morgan fingerprint density at radius 3 is 2.38 bits per heavy atom. The summed E-state index contributed by atoms with van der Waals surface area (Å²) in [4.78, 5) is 0. The first-order chi connectivity index (χ1) is 11.4. The zero-order chi connectivity index (χ0) is 17.7. The van der Waals surface area contributed by atoms with Crippen LogP contribution in [0.2, 0.25) is 0 Å². The van der Waals surface area contributed by atoms with E-state index in [1.54, 1.807) is 13.2 Å². The van der Waals surface area contributed by atoms with E-state index in [1.807, 2.05) is 31.2 Å². The van der Waals surface area contributed by atoms with Gasteiger partial charge in [0.25, 0.3) is 0 Å². The second-order valence-corrected chi connectivity index (χ2v) is 6.30. The van der Waals surface area contributed by atoms with Gasteiger partial charge >= 0.3 is 0 Å². The fraction of sp³-hybridized carbons (Fsp3) is 0.333. The third kappa shape index (κ3) is 4.10. The molecule has 0 radical (unpaired) electrons. The van der Waals surface area contributed by atoms with Crippen molar-refractivity contribution in [3.8, 4) is 17.2 Å². The Morgan fingerprint density at radius 2 is 1.75 bits per heavy atom. The van der Waals surface area contributed by atoms with Crippen LogP contribution in [0, 0.1) is 6.92 Å². The van der Waals surface area contributed by atoms with Crippen molar-refractivity contribution < 1.29 is 14.9 Å². The molecule has 2 rings (SSSR count). The lowest BCUT2D eigenvalue weighted by Gasteiger charge is -2.16. The van der Waals surface area contributed by atoms with Gasteiger partial charge in [0.2, 0.25) is 0 Å². The number of aromatic hydroxyl groups is 2. The van der Waals surface area contributed by atoms with Crippen molar-refractivity contribution in [2.45, 2.75) is 40.0 Å². The third-order valence-electron chi connectivity index (χ3n) is 4.29. The van der Waals surface area contributed by atoms with Crippen LogP contribution in [-0.2, 0) is 19.3 Å². The molecule has 0 amide bonds. The van der Waals surface area contributed by atoms with Gasteiger partial charge in [0.05, 0.1) is 7.11 Å². The van der Waals surface area contributed by atoms with Gasteiger partial charge in [-0.25, -0.2) is 0 Å². The minimum atomic E-state index is 0.305. The van der Waals surface area contributed by atoms with Crippen molar-refractivity contribution in [2.75, 3.05) is 7.11 Å². The minimum absolute atomic E-state index is 0.305. The highest BCUT2D eigenvalue weighted by molar-refractivity contribution is 5.54. The molecule has 0 aliphatic rings. The standard InChI is InChI=1S/C21H26O3/c1-14(2)9-12-18-17(13-20(24-4)15(3)21(18)23)11-10-16-7-5-6-8-19(16)22/h5-9,13,22-23H,10-12H2,1-4H3. The van der Waals surface area contributed by atoms with E-state index in [0.717, 1.165) is 28.7 Å². The van der Waals surface area contributed by atoms with Crippen LogP contribution in [0.5, 0.6) is 17.2 Å². The van der Waals surface area contributed by atoms with E-state index in [4.69, 9.17) is 4.74 Å². The van der Waals surface area contributed by atoms with E-state index in [1.165, 1.54) is 5.57 Å². The van der Waals surface area contributed by atoms with Gasteiger partial charge in [-0.3, -0.25) is 0 Å². The Morgan fingerprint density at radius 1 is 1.08 bits per heavy atom. The summed E-state index contributed by atoms with van der Waals surface area (Å²) in [6.45, 7) is 5.97. The van der Waals surface area contributed by atoms with Gasteiger partial charge in [0.15, 0.2) is 0 Å². The molecule has 0 fully saturated rings. The summed E-state index contributed by atoms with van der Waals surface area (Å²) in [5.41, 5.74) is 4.88. The van der Waals surface area contributed by atoms with Crippen molar-refractivity contribution >= 4 is 0 Å². The second kappa shape index (κ2) is 7.91. The van der Waals surface area contributed by atoms with Crippen molar-refractivity contribution in [1.82, 2.24) is 0 Å². The topological polar surface area (TPSA) is 49.7 Å². The molecule has 0 unspecified atom stereocenters. The van der Waals surface area contributed by atoms with Gasteiger partial charge < -0.3 is 14.9 Å². The zero-order valence-electron chi connectivity index (χ0n) is 14.9. The minimum Gasteiger partial charge on any atom is -0.508 e. The smallest absolute Gasteiger partial charge is 0.125 e. The molecular formula is C21H26O3. The van der Waals surface area contributed by atoms with Crippen molar-refractivity contribution in [2.24, 2.45) is 0 Å². The molecule has 0 saturated carbocycles. The molecule has 0 heterocycles. The fourth-order valence-electron chi connectivity index (χ4n) is 2.81. The monoisotopic (exact) mass is 326 g/mol. The number of aryl methyl sites for hydroxylation is 2. The number of phenolic OH excluding ortho intramolecular Hbond substituents is 2.